The fraction of sp³-hybridized carbons (Fsp3) is 0.200. The molecular formula is C15H14N2O. The maximum atomic E-state index is 11.7. The predicted octanol–water partition coefficient (Wildman–Crippen LogP) is 3.35. The van der Waals surface area contributed by atoms with Crippen LogP contribution in [0.3, 0.4) is 0 Å². The lowest BCUT2D eigenvalue weighted by Crippen LogP contribution is -1.96. The van der Waals surface area contributed by atoms with E-state index >= 15 is 0 Å². The number of hydrogen-bond donors (Lipinski definition) is 0. The summed E-state index contributed by atoms with van der Waals surface area (Å²) in [6, 6.07) is 7.87. The molecule has 3 heterocycles. The van der Waals surface area contributed by atoms with Crippen molar-refractivity contribution in [3.63, 3.8) is 0 Å². The molecule has 0 fully saturated rings. The quantitative estimate of drug-likeness (QED) is 0.739. The topological polar surface area (TPSA) is 33.8 Å². The number of pyridine rings is 1. The van der Waals surface area contributed by atoms with Gasteiger partial charge in [-0.05, 0) is 31.0 Å². The Bertz CT molecular complexity index is 677. The summed E-state index contributed by atoms with van der Waals surface area (Å²) in [6.07, 6.45) is 8.00. The lowest BCUT2D eigenvalue weighted by Gasteiger charge is -2.05. The highest BCUT2D eigenvalue weighted by molar-refractivity contribution is 5.97. The fourth-order valence-corrected chi connectivity index (χ4v) is 2.32. The smallest absolute Gasteiger partial charge is 0.176 e. The van der Waals surface area contributed by atoms with Crippen LogP contribution in [0.2, 0.25) is 0 Å². The standard InChI is InChI=1S/C15H14N2O/c1-11(18)15-10-12(13-6-2-4-8-16-13)14-7-3-5-9-17(14)15/h3,5-10H,2,4H2,1H3. The molecule has 0 unspecified atom stereocenters. The van der Waals surface area contributed by atoms with Gasteiger partial charge in [-0.15, -0.1) is 0 Å². The van der Waals surface area contributed by atoms with Gasteiger partial charge in [0.15, 0.2) is 5.78 Å². The minimum atomic E-state index is 0.0721. The Balaban J connectivity index is 2.27. The van der Waals surface area contributed by atoms with Crippen molar-refractivity contribution in [1.29, 1.82) is 0 Å². The molecule has 1 aliphatic heterocycles. The van der Waals surface area contributed by atoms with E-state index in [4.69, 9.17) is 0 Å². The van der Waals surface area contributed by atoms with Crippen LogP contribution in [0.1, 0.15) is 35.8 Å². The van der Waals surface area contributed by atoms with E-state index in [0.717, 1.165) is 29.6 Å². The lowest BCUT2D eigenvalue weighted by molar-refractivity contribution is 0.101. The third kappa shape index (κ3) is 1.68. The van der Waals surface area contributed by atoms with Gasteiger partial charge in [0.05, 0.1) is 16.9 Å². The van der Waals surface area contributed by atoms with Crippen molar-refractivity contribution in [2.45, 2.75) is 19.8 Å². The number of nitrogens with zero attached hydrogens (tertiary/aromatic N) is 2. The second kappa shape index (κ2) is 4.26. The minimum absolute atomic E-state index is 0.0721. The molecule has 2 aromatic heterocycles. The van der Waals surface area contributed by atoms with Crippen LogP contribution in [0.15, 0.2) is 41.5 Å². The summed E-state index contributed by atoms with van der Waals surface area (Å²) in [6.45, 7) is 1.59. The van der Waals surface area contributed by atoms with Gasteiger partial charge < -0.3 is 4.40 Å². The molecular weight excluding hydrogens is 224 g/mol. The Kier molecular flexibility index (Phi) is 2.59. The third-order valence-corrected chi connectivity index (χ3v) is 3.18. The van der Waals surface area contributed by atoms with Crippen molar-refractivity contribution in [2.75, 3.05) is 0 Å². The molecule has 0 spiro atoms. The van der Waals surface area contributed by atoms with Crippen LogP contribution in [0, 0.1) is 0 Å². The maximum absolute atomic E-state index is 11.7. The number of aromatic nitrogens is 1. The molecule has 0 atom stereocenters. The number of fused-ring (bicyclic) bond motifs is 1. The van der Waals surface area contributed by atoms with Gasteiger partial charge in [-0.25, -0.2) is 0 Å². The normalized spacial score (nSPS) is 14.8. The van der Waals surface area contributed by atoms with Crippen molar-refractivity contribution < 1.29 is 4.79 Å². The number of hydrogen-bond acceptors (Lipinski definition) is 2. The summed E-state index contributed by atoms with van der Waals surface area (Å²) >= 11 is 0. The zero-order valence-electron chi connectivity index (χ0n) is 10.3. The van der Waals surface area contributed by atoms with Gasteiger partial charge in [-0.3, -0.25) is 9.79 Å². The van der Waals surface area contributed by atoms with Gasteiger partial charge in [-0.2, -0.15) is 0 Å². The van der Waals surface area contributed by atoms with Gasteiger partial charge in [-0.1, -0.05) is 12.1 Å². The first-order valence-electron chi connectivity index (χ1n) is 6.11. The van der Waals surface area contributed by atoms with Crippen molar-refractivity contribution in [3.05, 3.63) is 47.8 Å². The Labute approximate surface area is 105 Å². The first-order chi connectivity index (χ1) is 8.77. The summed E-state index contributed by atoms with van der Waals surface area (Å²) in [5.74, 6) is 0.0721. The second-order valence-corrected chi connectivity index (χ2v) is 4.43. The van der Waals surface area contributed by atoms with Crippen LogP contribution >= 0.6 is 0 Å². The first kappa shape index (κ1) is 11.0. The number of carbonyl (C=O) groups is 1. The average molecular weight is 238 g/mol. The molecule has 1 aliphatic rings. The zero-order valence-corrected chi connectivity index (χ0v) is 10.3. The minimum Gasteiger partial charge on any atom is -0.313 e. The summed E-state index contributed by atoms with van der Waals surface area (Å²) < 4.78 is 1.93. The van der Waals surface area contributed by atoms with Crippen molar-refractivity contribution in [3.8, 4) is 0 Å². The third-order valence-electron chi connectivity index (χ3n) is 3.18. The molecule has 0 aliphatic carbocycles. The molecule has 90 valence electrons. The fourth-order valence-electron chi connectivity index (χ4n) is 2.32. The number of ketones is 1. The molecule has 0 bridgehead atoms. The van der Waals surface area contributed by atoms with E-state index in [-0.39, 0.29) is 5.78 Å². The summed E-state index contributed by atoms with van der Waals surface area (Å²) in [4.78, 5) is 16.1. The molecule has 0 aromatic carbocycles. The molecule has 18 heavy (non-hydrogen) atoms. The van der Waals surface area contributed by atoms with Crippen LogP contribution in [0.25, 0.3) is 11.2 Å². The summed E-state index contributed by atoms with van der Waals surface area (Å²) in [5, 5.41) is 0. The van der Waals surface area contributed by atoms with Crippen LogP contribution in [0.5, 0.6) is 0 Å². The van der Waals surface area contributed by atoms with Gasteiger partial charge in [0.1, 0.15) is 0 Å². The summed E-state index contributed by atoms with van der Waals surface area (Å²) in [5.41, 5.74) is 3.75. The Hall–Kier alpha value is -2.16. The van der Waals surface area contributed by atoms with Crippen molar-refractivity contribution in [2.24, 2.45) is 4.99 Å². The van der Waals surface area contributed by atoms with Crippen LogP contribution in [-0.4, -0.2) is 16.4 Å². The van der Waals surface area contributed by atoms with E-state index < -0.39 is 0 Å². The van der Waals surface area contributed by atoms with E-state index in [2.05, 4.69) is 11.1 Å². The Morgan fingerprint density at radius 3 is 2.94 bits per heavy atom. The van der Waals surface area contributed by atoms with Crippen LogP contribution < -0.4 is 0 Å². The first-order valence-corrected chi connectivity index (χ1v) is 6.11. The molecule has 0 saturated carbocycles. The number of allylic oxidation sites excluding steroid dienone is 1. The zero-order chi connectivity index (χ0) is 12.5. The molecule has 3 nitrogen and oxygen atoms in total. The Morgan fingerprint density at radius 2 is 2.22 bits per heavy atom. The SMILES string of the molecule is CC(=O)c1cc(C2=CCCC=N2)c2ccccn12. The monoisotopic (exact) mass is 238 g/mol. The molecule has 0 amide bonds. The number of rotatable bonds is 2. The number of aliphatic imine (C=N–C) groups is 1. The van der Waals surface area contributed by atoms with E-state index in [1.165, 1.54) is 0 Å². The highest BCUT2D eigenvalue weighted by Gasteiger charge is 2.14. The lowest BCUT2D eigenvalue weighted by atomic mass is 10.1. The van der Waals surface area contributed by atoms with Crippen LogP contribution in [0.4, 0.5) is 0 Å². The van der Waals surface area contributed by atoms with Gasteiger partial charge in [0.25, 0.3) is 0 Å². The van der Waals surface area contributed by atoms with Crippen molar-refractivity contribution in [1.82, 2.24) is 4.40 Å². The van der Waals surface area contributed by atoms with E-state index in [9.17, 15) is 4.79 Å². The largest absolute Gasteiger partial charge is 0.313 e. The van der Waals surface area contributed by atoms with Gasteiger partial charge >= 0.3 is 0 Å². The molecule has 3 rings (SSSR count). The number of Topliss-reactive ketones (excluding diaryl/α,β-unsaturated/α-hetero) is 1. The average Bonchev–Trinajstić information content (AvgIpc) is 2.79. The van der Waals surface area contributed by atoms with Crippen LogP contribution in [-0.2, 0) is 0 Å². The number of carbonyl (C=O) groups excluding carboxylic acids is 1. The molecule has 0 N–H and O–H groups in total. The highest BCUT2D eigenvalue weighted by atomic mass is 16.1. The Morgan fingerprint density at radius 1 is 1.33 bits per heavy atom. The second-order valence-electron chi connectivity index (χ2n) is 4.43. The molecule has 0 radical (unpaired) electrons. The van der Waals surface area contributed by atoms with E-state index in [1.807, 2.05) is 41.1 Å². The predicted molar refractivity (Wildman–Crippen MR) is 73.1 cm³/mol. The maximum Gasteiger partial charge on any atom is 0.176 e. The molecule has 2 aromatic rings. The summed E-state index contributed by atoms with van der Waals surface area (Å²) in [7, 11) is 0. The van der Waals surface area contributed by atoms with Crippen molar-refractivity contribution >= 4 is 23.2 Å². The molecule has 0 saturated heterocycles. The van der Waals surface area contributed by atoms with Gasteiger partial charge in [0, 0.05) is 24.9 Å². The van der Waals surface area contributed by atoms with Gasteiger partial charge in [0.2, 0.25) is 0 Å². The van der Waals surface area contributed by atoms with E-state index in [1.54, 1.807) is 6.92 Å². The van der Waals surface area contributed by atoms with E-state index in [0.29, 0.717) is 5.69 Å². The molecule has 3 heteroatoms. The highest BCUT2D eigenvalue weighted by Crippen LogP contribution is 2.27.